The lowest BCUT2D eigenvalue weighted by Crippen LogP contribution is -2.56. The highest BCUT2D eigenvalue weighted by atomic mass is 19.4. The Morgan fingerprint density at radius 1 is 0.889 bits per heavy atom. The molecule has 18 heavy (non-hydrogen) atoms. The number of rotatable bonds is 5. The number of aliphatic hydroxyl groups excluding tert-OH is 1. The van der Waals surface area contributed by atoms with Crippen LogP contribution in [0.2, 0.25) is 0 Å². The van der Waals surface area contributed by atoms with Crippen LogP contribution in [0.25, 0.3) is 0 Å². The van der Waals surface area contributed by atoms with Crippen LogP contribution in [-0.2, 0) is 4.74 Å². The van der Waals surface area contributed by atoms with E-state index in [1.54, 1.807) is 0 Å². The number of alkyl halides is 10. The second-order valence-corrected chi connectivity index (χ2v) is 2.94. The maximum absolute atomic E-state index is 12.3. The van der Waals surface area contributed by atoms with Crippen LogP contribution in [0, 0.1) is 0 Å². The van der Waals surface area contributed by atoms with Gasteiger partial charge in [-0.25, -0.2) is 4.39 Å². The van der Waals surface area contributed by atoms with E-state index in [4.69, 9.17) is 5.11 Å². The zero-order valence-electron chi connectivity index (χ0n) is 7.92. The second-order valence-electron chi connectivity index (χ2n) is 2.94. The summed E-state index contributed by atoms with van der Waals surface area (Å²) in [6, 6.07) is 0. The van der Waals surface area contributed by atoms with Crippen LogP contribution in [0.15, 0.2) is 0 Å². The molecule has 0 aliphatic carbocycles. The van der Waals surface area contributed by atoms with Crippen LogP contribution in [0.1, 0.15) is 0 Å². The summed E-state index contributed by atoms with van der Waals surface area (Å²) >= 11 is 0. The van der Waals surface area contributed by atoms with Crippen molar-refractivity contribution in [3.05, 3.63) is 0 Å². The minimum atomic E-state index is -6.88. The molecule has 0 aliphatic rings. The average molecular weight is 298 g/mol. The number of ether oxygens (including phenoxy) is 1. The maximum atomic E-state index is 12.3. The van der Waals surface area contributed by atoms with Crippen LogP contribution < -0.4 is 0 Å². The Kier molecular flexibility index (Phi) is 4.51. The molecule has 0 amide bonds. The second kappa shape index (κ2) is 4.72. The lowest BCUT2D eigenvalue weighted by molar-refractivity contribution is -0.450. The number of halogens is 10. The summed E-state index contributed by atoms with van der Waals surface area (Å²) in [6.07, 6.45) is -18.0. The van der Waals surface area contributed by atoms with Crippen molar-refractivity contribution >= 4 is 0 Å². The first kappa shape index (κ1) is 17.2. The molecule has 0 bridgehead atoms. The summed E-state index contributed by atoms with van der Waals surface area (Å²) in [5, 5.41) is 7.80. The molecule has 1 N–H and O–H groups in total. The fraction of sp³-hybridized carbons (Fsp3) is 1.00. The van der Waals surface area contributed by atoms with Gasteiger partial charge >= 0.3 is 24.1 Å². The molecule has 0 rings (SSSR count). The predicted octanol–water partition coefficient (Wildman–Crippen LogP) is 2.72. The van der Waals surface area contributed by atoms with Crippen molar-refractivity contribution in [2.75, 3.05) is 6.61 Å². The van der Waals surface area contributed by atoms with Crippen molar-refractivity contribution in [2.45, 2.75) is 30.5 Å². The molecular formula is C6H4F10O2. The molecule has 12 heteroatoms. The maximum Gasteiger partial charge on any atom is 0.462 e. The lowest BCUT2D eigenvalue weighted by atomic mass is 10.3. The molecule has 1 atom stereocenters. The topological polar surface area (TPSA) is 29.5 Å². The van der Waals surface area contributed by atoms with Crippen molar-refractivity contribution in [1.29, 1.82) is 0 Å². The van der Waals surface area contributed by atoms with E-state index in [9.17, 15) is 43.9 Å². The fourth-order valence-corrected chi connectivity index (χ4v) is 0.527. The summed E-state index contributed by atoms with van der Waals surface area (Å²) < 4.78 is 122. The van der Waals surface area contributed by atoms with Crippen LogP contribution in [-0.4, -0.2) is 42.2 Å². The SMILES string of the molecule is OCC(F)(F)[C@@H](F)OC(F)(F)C(F)(F)C(F)(F)F. The number of hydrogen-bond donors (Lipinski definition) is 1. The molecule has 2 nitrogen and oxygen atoms in total. The first-order valence-corrected chi connectivity index (χ1v) is 3.82. The molecule has 110 valence electrons. The van der Waals surface area contributed by atoms with Gasteiger partial charge in [0.25, 0.3) is 6.36 Å². The average Bonchev–Trinajstić information content (AvgIpc) is 2.14. The van der Waals surface area contributed by atoms with Crippen LogP contribution in [0.3, 0.4) is 0 Å². The van der Waals surface area contributed by atoms with Crippen molar-refractivity contribution in [3.8, 4) is 0 Å². The summed E-state index contributed by atoms with van der Waals surface area (Å²) in [7, 11) is 0. The molecule has 0 aromatic carbocycles. The third-order valence-electron chi connectivity index (χ3n) is 1.52. The first-order chi connectivity index (χ1) is 7.69. The van der Waals surface area contributed by atoms with E-state index < -0.39 is 37.1 Å². The van der Waals surface area contributed by atoms with Crippen LogP contribution >= 0.6 is 0 Å². The third kappa shape index (κ3) is 3.16. The van der Waals surface area contributed by atoms with E-state index in [-0.39, 0.29) is 0 Å². The minimum absolute atomic E-state index is 2.10. The van der Waals surface area contributed by atoms with E-state index in [1.807, 2.05) is 0 Å². The number of aliphatic hydroxyl groups is 1. The molecule has 0 aliphatic heterocycles. The first-order valence-electron chi connectivity index (χ1n) is 3.82. The lowest BCUT2D eigenvalue weighted by Gasteiger charge is -2.30. The van der Waals surface area contributed by atoms with Crippen LogP contribution in [0.4, 0.5) is 43.9 Å². The highest BCUT2D eigenvalue weighted by molar-refractivity contribution is 4.86. The molecule has 0 fully saturated rings. The van der Waals surface area contributed by atoms with Gasteiger partial charge in [0.15, 0.2) is 0 Å². The van der Waals surface area contributed by atoms with Gasteiger partial charge in [-0.2, -0.15) is 39.5 Å². The van der Waals surface area contributed by atoms with Crippen molar-refractivity contribution in [1.82, 2.24) is 0 Å². The summed E-state index contributed by atoms with van der Waals surface area (Å²) in [5.41, 5.74) is 0. The van der Waals surface area contributed by atoms with Gasteiger partial charge in [0.05, 0.1) is 0 Å². The zero-order chi connectivity index (χ0) is 15.0. The van der Waals surface area contributed by atoms with E-state index in [0.717, 1.165) is 0 Å². The van der Waals surface area contributed by atoms with Gasteiger partial charge in [0.2, 0.25) is 0 Å². The predicted molar refractivity (Wildman–Crippen MR) is 34.0 cm³/mol. The molecule has 0 unspecified atom stereocenters. The minimum Gasteiger partial charge on any atom is -0.390 e. The van der Waals surface area contributed by atoms with Gasteiger partial charge in [-0.3, -0.25) is 4.74 Å². The Morgan fingerprint density at radius 3 is 1.56 bits per heavy atom. The molecular weight excluding hydrogens is 294 g/mol. The van der Waals surface area contributed by atoms with Gasteiger partial charge in [-0.1, -0.05) is 0 Å². The van der Waals surface area contributed by atoms with Crippen molar-refractivity contribution < 1.29 is 53.7 Å². The third-order valence-corrected chi connectivity index (χ3v) is 1.52. The van der Waals surface area contributed by atoms with Crippen molar-refractivity contribution in [2.24, 2.45) is 0 Å². The fourth-order valence-electron chi connectivity index (χ4n) is 0.527. The van der Waals surface area contributed by atoms with E-state index in [0.29, 0.717) is 0 Å². The Morgan fingerprint density at radius 2 is 1.28 bits per heavy atom. The molecule has 0 spiro atoms. The van der Waals surface area contributed by atoms with Gasteiger partial charge in [-0.05, 0) is 0 Å². The largest absolute Gasteiger partial charge is 0.462 e. The summed E-state index contributed by atoms with van der Waals surface area (Å²) in [6.45, 7) is -2.43. The van der Waals surface area contributed by atoms with Crippen LogP contribution in [0.5, 0.6) is 0 Å². The smallest absolute Gasteiger partial charge is 0.390 e. The molecule has 0 saturated heterocycles. The highest BCUT2D eigenvalue weighted by Gasteiger charge is 2.75. The van der Waals surface area contributed by atoms with Crippen molar-refractivity contribution in [3.63, 3.8) is 0 Å². The normalized spacial score (nSPS) is 16.8. The monoisotopic (exact) mass is 298 g/mol. The summed E-state index contributed by atoms with van der Waals surface area (Å²) in [5.74, 6) is -11.9. The van der Waals surface area contributed by atoms with Gasteiger partial charge in [-0.15, -0.1) is 0 Å². The van der Waals surface area contributed by atoms with E-state index >= 15 is 0 Å². The summed E-state index contributed by atoms with van der Waals surface area (Å²) in [4.78, 5) is 0. The van der Waals surface area contributed by atoms with E-state index in [2.05, 4.69) is 4.74 Å². The Bertz CT molecular complexity index is 285. The molecule has 0 aromatic rings. The molecule has 0 heterocycles. The van der Waals surface area contributed by atoms with Gasteiger partial charge in [0, 0.05) is 0 Å². The molecule has 0 saturated carbocycles. The molecule has 0 radical (unpaired) electrons. The quantitative estimate of drug-likeness (QED) is 0.791. The zero-order valence-corrected chi connectivity index (χ0v) is 7.92. The Balaban J connectivity index is 5.09. The number of hydrogen-bond acceptors (Lipinski definition) is 2. The molecule has 0 aromatic heterocycles. The van der Waals surface area contributed by atoms with Gasteiger partial charge in [0.1, 0.15) is 6.61 Å². The highest BCUT2D eigenvalue weighted by Crippen LogP contribution is 2.48. The van der Waals surface area contributed by atoms with E-state index in [1.165, 1.54) is 0 Å². The van der Waals surface area contributed by atoms with Gasteiger partial charge < -0.3 is 5.11 Å². The Labute approximate surface area is 92.1 Å². The Hall–Kier alpha value is -0.780. The standard InChI is InChI=1S/C6H4F10O2/c7-2(3(8,9)1-17)18-6(15,16)4(10,11)5(12,13)14/h2,17H,1H2/t2-/m0/s1.